The summed E-state index contributed by atoms with van der Waals surface area (Å²) >= 11 is 0. The lowest BCUT2D eigenvalue weighted by Gasteiger charge is -2.74. The van der Waals surface area contributed by atoms with Crippen molar-refractivity contribution in [3.8, 4) is 0 Å². The Labute approximate surface area is 301 Å². The molecule has 8 aliphatic rings. The predicted molar refractivity (Wildman–Crippen MR) is 187 cm³/mol. The van der Waals surface area contributed by atoms with E-state index >= 15 is 0 Å². The first-order valence-electron chi connectivity index (χ1n) is 19.7. The van der Waals surface area contributed by atoms with Crippen molar-refractivity contribution in [1.82, 2.24) is 0 Å². The summed E-state index contributed by atoms with van der Waals surface area (Å²) in [7, 11) is 0. The van der Waals surface area contributed by atoms with Gasteiger partial charge in [-0.3, -0.25) is 19.2 Å². The molecule has 0 spiro atoms. The predicted octanol–water partition coefficient (Wildman–Crippen LogP) is 4.20. The molecular weight excluding hydrogens is 648 g/mol. The van der Waals surface area contributed by atoms with Gasteiger partial charge in [-0.05, 0) is 136 Å². The molecule has 6 fully saturated rings. The van der Waals surface area contributed by atoms with E-state index in [1.807, 2.05) is 13.8 Å². The number of hydrogen-bond donors (Lipinski definition) is 5. The van der Waals surface area contributed by atoms with Gasteiger partial charge in [-0.15, -0.1) is 0 Å². The number of fused-ring (bicyclic) bond motifs is 10. The summed E-state index contributed by atoms with van der Waals surface area (Å²) in [6, 6.07) is 0. The molecule has 0 aromatic heterocycles. The van der Waals surface area contributed by atoms with Gasteiger partial charge in [-0.2, -0.15) is 0 Å². The van der Waals surface area contributed by atoms with Crippen LogP contribution in [0.4, 0.5) is 0 Å². The molecule has 280 valence electrons. The Morgan fingerprint density at radius 3 is 2.08 bits per heavy atom. The Balaban J connectivity index is 1.33. The Bertz CT molecular complexity index is 1660. The van der Waals surface area contributed by atoms with E-state index in [1.54, 1.807) is 12.2 Å². The third-order valence-electron chi connectivity index (χ3n) is 18.4. The lowest BCUT2D eigenvalue weighted by Crippen LogP contribution is -2.73. The first-order chi connectivity index (χ1) is 23.8. The molecule has 9 nitrogen and oxygen atoms in total. The van der Waals surface area contributed by atoms with Gasteiger partial charge in [0.05, 0.1) is 12.2 Å². The van der Waals surface area contributed by atoms with Crippen molar-refractivity contribution in [1.29, 1.82) is 0 Å². The first kappa shape index (κ1) is 36.0. The molecule has 0 radical (unpaired) electrons. The van der Waals surface area contributed by atoms with Crippen molar-refractivity contribution < 1.29 is 44.7 Å². The number of aliphatic hydroxyl groups is 5. The molecular formula is C42H58O9. The van der Waals surface area contributed by atoms with Crippen molar-refractivity contribution >= 4 is 23.1 Å². The van der Waals surface area contributed by atoms with E-state index < -0.39 is 68.8 Å². The maximum absolute atomic E-state index is 14.1. The maximum Gasteiger partial charge on any atom is 0.190 e. The average molecular weight is 707 g/mol. The molecule has 0 aliphatic heterocycles. The fourth-order valence-electron chi connectivity index (χ4n) is 16.2. The largest absolute Gasteiger partial charge is 0.393 e. The topological polar surface area (TPSA) is 169 Å². The van der Waals surface area contributed by atoms with Crippen LogP contribution in [0.3, 0.4) is 0 Å². The van der Waals surface area contributed by atoms with E-state index in [0.29, 0.717) is 51.4 Å². The minimum Gasteiger partial charge on any atom is -0.393 e. The normalized spacial score (nSPS) is 54.5. The third-order valence-corrected chi connectivity index (χ3v) is 18.4. The van der Waals surface area contributed by atoms with Crippen LogP contribution in [-0.4, -0.2) is 78.7 Å². The molecule has 0 bridgehead atoms. The zero-order chi connectivity index (χ0) is 36.9. The van der Waals surface area contributed by atoms with E-state index in [-0.39, 0.29) is 72.6 Å². The van der Waals surface area contributed by atoms with Gasteiger partial charge >= 0.3 is 0 Å². The minimum absolute atomic E-state index is 0.00311. The number of Topliss-reactive ketones (excluding diaryl/α,β-unsaturated/α-hetero) is 2. The van der Waals surface area contributed by atoms with E-state index in [9.17, 15) is 44.7 Å². The smallest absolute Gasteiger partial charge is 0.190 e. The highest BCUT2D eigenvalue weighted by Crippen LogP contribution is 2.79. The van der Waals surface area contributed by atoms with Crippen LogP contribution in [0.2, 0.25) is 0 Å². The summed E-state index contributed by atoms with van der Waals surface area (Å²) in [6.07, 6.45) is 7.58. The number of carbonyl (C=O) groups is 4. The van der Waals surface area contributed by atoms with Crippen LogP contribution in [0.5, 0.6) is 0 Å². The van der Waals surface area contributed by atoms with Gasteiger partial charge in [0.25, 0.3) is 0 Å². The summed E-state index contributed by atoms with van der Waals surface area (Å²) in [5.41, 5.74) is -5.36. The van der Waals surface area contributed by atoms with Gasteiger partial charge in [0.2, 0.25) is 0 Å². The van der Waals surface area contributed by atoms with Gasteiger partial charge in [-0.1, -0.05) is 38.8 Å². The van der Waals surface area contributed by atoms with Crippen LogP contribution in [0.25, 0.3) is 0 Å². The quantitative estimate of drug-likeness (QED) is 0.288. The Morgan fingerprint density at radius 2 is 1.39 bits per heavy atom. The molecule has 0 aromatic carbocycles. The SMILES string of the molecule is CC(=O)[C@@]1(O)CC[C@H]2[C@@H]3CCC4=CC(=O)CC([C@]56[C@@H](O)C[C@@]7(C)[C@@H](CC[C@]7(O)C(=O)CO)[C@@H]5CCC5=CC(=O)CC[C@@]56C)[C@]4(C)[C@H]3[C@@H](O)C[C@@]21C. The van der Waals surface area contributed by atoms with Crippen LogP contribution in [0.1, 0.15) is 118 Å². The number of rotatable bonds is 4. The zero-order valence-corrected chi connectivity index (χ0v) is 31.0. The van der Waals surface area contributed by atoms with Gasteiger partial charge in [0, 0.05) is 29.1 Å². The standard InChI is InChI=1S/C42H58O9/c1-22(44)40(50)14-11-28-27-8-6-24-17-26(46)18-32(39(24,5)35(27)31(47)19-37(28,40)3)42-30(9-7-23-16-25(45)10-13-36(23,42)2)29-12-15-41(51,34(49)21-43)38(29,4)20-33(42)48/h16-17,27-33,35,43,47-48,50-51H,6-15,18-21H2,1-5H3/t27-,28-,29-,30-,31-,32?,33-,35+,36-,37-,38-,39+,40-,41-,42-/m0/s1. The molecule has 8 aliphatic carbocycles. The van der Waals surface area contributed by atoms with E-state index in [1.165, 1.54) is 6.92 Å². The van der Waals surface area contributed by atoms with Crippen LogP contribution >= 0.6 is 0 Å². The van der Waals surface area contributed by atoms with Crippen molar-refractivity contribution in [2.24, 2.45) is 62.6 Å². The van der Waals surface area contributed by atoms with E-state index in [4.69, 9.17) is 0 Å². The molecule has 0 heterocycles. The second kappa shape index (κ2) is 11.0. The molecule has 0 saturated heterocycles. The minimum atomic E-state index is -1.79. The monoisotopic (exact) mass is 706 g/mol. The molecule has 51 heavy (non-hydrogen) atoms. The third kappa shape index (κ3) is 4.01. The molecule has 6 saturated carbocycles. The average Bonchev–Trinajstić information content (AvgIpc) is 3.50. The zero-order valence-electron chi connectivity index (χ0n) is 31.0. The van der Waals surface area contributed by atoms with Gasteiger partial charge < -0.3 is 25.5 Å². The van der Waals surface area contributed by atoms with Crippen molar-refractivity contribution in [3.63, 3.8) is 0 Å². The summed E-state index contributed by atoms with van der Waals surface area (Å²) in [6.45, 7) is 8.97. The van der Waals surface area contributed by atoms with Gasteiger partial charge in [0.15, 0.2) is 23.1 Å². The lowest BCUT2D eigenvalue weighted by atomic mass is 9.30. The number of hydrogen-bond acceptors (Lipinski definition) is 9. The van der Waals surface area contributed by atoms with Crippen LogP contribution in [0.15, 0.2) is 23.3 Å². The molecule has 5 N–H and O–H groups in total. The van der Waals surface area contributed by atoms with Crippen LogP contribution < -0.4 is 0 Å². The number of allylic oxidation sites excluding steroid dienone is 2. The van der Waals surface area contributed by atoms with Gasteiger partial charge in [-0.25, -0.2) is 0 Å². The summed E-state index contributed by atoms with van der Waals surface area (Å²) in [5, 5.41) is 59.6. The fourth-order valence-corrected chi connectivity index (χ4v) is 16.2. The second-order valence-corrected chi connectivity index (χ2v) is 19.4. The molecule has 15 atom stereocenters. The highest BCUT2D eigenvalue weighted by molar-refractivity contribution is 5.93. The lowest BCUT2D eigenvalue weighted by molar-refractivity contribution is -0.269. The first-order valence-corrected chi connectivity index (χ1v) is 19.7. The summed E-state index contributed by atoms with van der Waals surface area (Å²) in [5.74, 6) is -1.87. The molecule has 0 aromatic rings. The van der Waals surface area contributed by atoms with Crippen LogP contribution in [0, 0.1) is 62.6 Å². The summed E-state index contributed by atoms with van der Waals surface area (Å²) in [4.78, 5) is 53.4. The van der Waals surface area contributed by atoms with Crippen molar-refractivity contribution in [2.45, 2.75) is 141 Å². The van der Waals surface area contributed by atoms with Crippen LogP contribution in [-0.2, 0) is 19.2 Å². The second-order valence-electron chi connectivity index (χ2n) is 19.4. The maximum atomic E-state index is 14.1. The molecule has 9 heteroatoms. The van der Waals surface area contributed by atoms with Crippen molar-refractivity contribution in [3.05, 3.63) is 23.3 Å². The Hall–Kier alpha value is -2.04. The van der Waals surface area contributed by atoms with E-state index in [2.05, 4.69) is 13.8 Å². The number of ketones is 4. The Kier molecular flexibility index (Phi) is 7.77. The molecule has 8 rings (SSSR count). The number of carbonyl (C=O) groups excluding carboxylic acids is 4. The molecule has 1 unspecified atom stereocenters. The molecule has 0 amide bonds. The fraction of sp³-hybridized carbons (Fsp3) is 0.810. The van der Waals surface area contributed by atoms with Crippen molar-refractivity contribution in [2.75, 3.05) is 6.61 Å². The number of aliphatic hydroxyl groups excluding tert-OH is 3. The summed E-state index contributed by atoms with van der Waals surface area (Å²) < 4.78 is 0. The van der Waals surface area contributed by atoms with Gasteiger partial charge in [0.1, 0.15) is 17.8 Å². The Morgan fingerprint density at radius 1 is 0.765 bits per heavy atom. The highest BCUT2D eigenvalue weighted by Gasteiger charge is 2.78. The highest BCUT2D eigenvalue weighted by atomic mass is 16.3. The van der Waals surface area contributed by atoms with E-state index in [0.717, 1.165) is 17.6 Å².